The summed E-state index contributed by atoms with van der Waals surface area (Å²) in [5, 5.41) is 2.59. The minimum Gasteiger partial charge on any atom is -0.489 e. The van der Waals surface area contributed by atoms with E-state index in [-0.39, 0.29) is 29.4 Å². The van der Waals surface area contributed by atoms with Crippen LogP contribution >= 0.6 is 0 Å². The molecule has 2 unspecified atom stereocenters. The van der Waals surface area contributed by atoms with Crippen LogP contribution in [-0.2, 0) is 33.9 Å². The van der Waals surface area contributed by atoms with Crippen molar-refractivity contribution >= 4 is 45.4 Å². The van der Waals surface area contributed by atoms with Crippen molar-refractivity contribution in [3.05, 3.63) is 59.7 Å². The van der Waals surface area contributed by atoms with Crippen molar-refractivity contribution in [1.82, 2.24) is 9.62 Å². The number of Topliss-reactive ketones (excluding diaryl/α,β-unsaturated/α-hetero) is 1. The molecule has 286 valence electrons. The Kier molecular flexibility index (Phi) is 14.5. The van der Waals surface area contributed by atoms with Gasteiger partial charge in [0.05, 0.1) is 29.1 Å². The molecule has 2 aromatic carbocycles. The lowest BCUT2D eigenvalue weighted by molar-refractivity contribution is -0.145. The van der Waals surface area contributed by atoms with E-state index in [1.165, 1.54) is 32.0 Å². The summed E-state index contributed by atoms with van der Waals surface area (Å²) in [7, 11) is -3.69. The fraction of sp³-hybridized carbons (Fsp3) is 0.553. The van der Waals surface area contributed by atoms with E-state index in [0.717, 1.165) is 32.1 Å². The molecule has 14 heteroatoms. The molecule has 0 aromatic heterocycles. The summed E-state index contributed by atoms with van der Waals surface area (Å²) in [5.41, 5.74) is -1.98. The number of ketones is 1. The number of esters is 1. The summed E-state index contributed by atoms with van der Waals surface area (Å²) in [6, 6.07) is 10.2. The van der Waals surface area contributed by atoms with Crippen LogP contribution in [-0.4, -0.2) is 73.1 Å². The van der Waals surface area contributed by atoms with Gasteiger partial charge in [-0.15, -0.1) is 0 Å². The van der Waals surface area contributed by atoms with Crippen LogP contribution < -0.4 is 14.8 Å². The Hall–Kier alpha value is -4.30. The second-order valence-corrected chi connectivity index (χ2v) is 16.6. The summed E-state index contributed by atoms with van der Waals surface area (Å²) < 4.78 is 45.4. The van der Waals surface area contributed by atoms with Crippen LogP contribution in [0.2, 0.25) is 0 Å². The number of rotatable bonds is 19. The fourth-order valence-electron chi connectivity index (χ4n) is 5.45. The van der Waals surface area contributed by atoms with Crippen molar-refractivity contribution in [3.8, 4) is 5.75 Å². The zero-order chi connectivity index (χ0) is 38.9. The van der Waals surface area contributed by atoms with E-state index in [2.05, 4.69) is 17.0 Å². The predicted octanol–water partition coefficient (Wildman–Crippen LogP) is 6.33. The number of hydrogen-bond donors (Lipinski definition) is 2. The van der Waals surface area contributed by atoms with Crippen LogP contribution in [0.1, 0.15) is 116 Å². The Morgan fingerprint density at radius 2 is 1.58 bits per heavy atom. The molecule has 0 spiro atoms. The summed E-state index contributed by atoms with van der Waals surface area (Å²) in [4.78, 5) is 67.0. The summed E-state index contributed by atoms with van der Waals surface area (Å²) in [6.45, 7) is 12.7. The number of nitrogens with one attached hydrogen (secondary N) is 2. The number of unbranched alkanes of at least 4 members (excludes halogenated alkanes) is 5. The minimum atomic E-state index is -3.69. The number of hydrogen-bond acceptors (Lipinski definition) is 10. The van der Waals surface area contributed by atoms with Crippen LogP contribution in [0.4, 0.5) is 10.5 Å². The van der Waals surface area contributed by atoms with E-state index in [1.807, 2.05) is 0 Å². The molecule has 1 heterocycles. The van der Waals surface area contributed by atoms with Crippen LogP contribution in [0, 0.1) is 5.41 Å². The van der Waals surface area contributed by atoms with E-state index in [1.54, 1.807) is 65.0 Å². The second kappa shape index (κ2) is 18.0. The molecule has 0 aliphatic carbocycles. The van der Waals surface area contributed by atoms with Gasteiger partial charge in [0.25, 0.3) is 11.8 Å². The van der Waals surface area contributed by atoms with Gasteiger partial charge in [-0.25, -0.2) is 27.6 Å². The van der Waals surface area contributed by atoms with Gasteiger partial charge in [-0.05, 0) is 57.9 Å². The second-order valence-electron chi connectivity index (χ2n) is 14.7. The molecule has 2 N–H and O–H groups in total. The number of nitrogens with zero attached hydrogens (tertiary/aromatic N) is 1. The highest BCUT2D eigenvalue weighted by Gasteiger charge is 2.55. The van der Waals surface area contributed by atoms with Crippen molar-refractivity contribution < 1.29 is 46.6 Å². The number of ether oxygens (including phenoxy) is 3. The van der Waals surface area contributed by atoms with E-state index < -0.39 is 68.9 Å². The van der Waals surface area contributed by atoms with E-state index in [4.69, 9.17) is 14.2 Å². The highest BCUT2D eigenvalue weighted by molar-refractivity contribution is 7.89. The van der Waals surface area contributed by atoms with Gasteiger partial charge < -0.3 is 19.5 Å². The molecule has 1 saturated heterocycles. The highest BCUT2D eigenvalue weighted by atomic mass is 32.2. The Balaban J connectivity index is 1.82. The molecule has 1 fully saturated rings. The minimum absolute atomic E-state index is 0.0396. The summed E-state index contributed by atoms with van der Waals surface area (Å²) >= 11 is 0. The van der Waals surface area contributed by atoms with Gasteiger partial charge in [-0.3, -0.25) is 14.4 Å². The maximum atomic E-state index is 13.8. The molecular weight excluding hydrogens is 690 g/mol. The Morgan fingerprint density at radius 1 is 0.942 bits per heavy atom. The molecule has 13 nitrogen and oxygen atoms in total. The van der Waals surface area contributed by atoms with Gasteiger partial charge in [0, 0.05) is 5.41 Å². The predicted molar refractivity (Wildman–Crippen MR) is 196 cm³/mol. The summed E-state index contributed by atoms with van der Waals surface area (Å²) in [6.07, 6.45) is 4.03. The lowest BCUT2D eigenvalue weighted by Gasteiger charge is -2.28. The Bertz CT molecular complexity index is 1700. The molecule has 52 heavy (non-hydrogen) atoms. The average Bonchev–Trinajstić information content (AvgIpc) is 3.26. The molecule has 2 atom stereocenters. The van der Waals surface area contributed by atoms with Crippen LogP contribution in [0.25, 0.3) is 0 Å². The third kappa shape index (κ3) is 11.6. The maximum Gasteiger partial charge on any atom is 0.418 e. The Labute approximate surface area is 307 Å². The lowest BCUT2D eigenvalue weighted by Crippen LogP contribution is -2.55. The first-order valence-electron chi connectivity index (χ1n) is 17.7. The number of cyclic esters (lactones) is 1. The molecular formula is C38H53N3O10S. The van der Waals surface area contributed by atoms with Crippen LogP contribution in [0.3, 0.4) is 0 Å². The number of imide groups is 1. The standard InChI is InChI=1S/C38H53N3O10S/c1-9-10-11-12-13-17-22-52(47,48)40-29(26-18-15-14-16-19-26)24-49-34(44)27-20-21-28(30(23-27)50-25(2)3)39-33(43)31(32(42)37(4,5)6)41-35(45)38(7,8)51-36(41)46/h14-16,18-21,23,25,29,31,40H,9-13,17,22,24H2,1-8H3,(H,39,43). The first-order chi connectivity index (χ1) is 24.3. The van der Waals surface area contributed by atoms with Gasteiger partial charge in [0.1, 0.15) is 12.4 Å². The van der Waals surface area contributed by atoms with Gasteiger partial charge in [0.15, 0.2) is 17.4 Å². The smallest absolute Gasteiger partial charge is 0.418 e. The quantitative estimate of drug-likeness (QED) is 0.0940. The van der Waals surface area contributed by atoms with Crippen LogP contribution in [0.5, 0.6) is 5.75 Å². The van der Waals surface area contributed by atoms with Gasteiger partial charge in [-0.2, -0.15) is 0 Å². The van der Waals surface area contributed by atoms with Crippen molar-refractivity contribution in [3.63, 3.8) is 0 Å². The molecule has 0 radical (unpaired) electrons. The fourth-order valence-corrected chi connectivity index (χ4v) is 6.79. The maximum absolute atomic E-state index is 13.8. The first-order valence-corrected chi connectivity index (χ1v) is 19.4. The molecule has 0 saturated carbocycles. The number of carbonyl (C=O) groups excluding carboxylic acids is 5. The van der Waals surface area contributed by atoms with E-state index in [9.17, 15) is 32.4 Å². The van der Waals surface area contributed by atoms with Crippen LogP contribution in [0.15, 0.2) is 48.5 Å². The zero-order valence-electron chi connectivity index (χ0n) is 31.4. The average molecular weight is 744 g/mol. The largest absolute Gasteiger partial charge is 0.489 e. The third-order valence-electron chi connectivity index (χ3n) is 8.28. The van der Waals surface area contributed by atoms with Crippen molar-refractivity contribution in [2.45, 2.75) is 118 Å². The normalized spacial score (nSPS) is 15.6. The van der Waals surface area contributed by atoms with Crippen molar-refractivity contribution in [2.75, 3.05) is 17.7 Å². The molecule has 3 amide bonds. The molecule has 3 rings (SSSR count). The molecule has 2 aromatic rings. The van der Waals surface area contributed by atoms with Crippen molar-refractivity contribution in [2.24, 2.45) is 5.41 Å². The SMILES string of the molecule is CCCCCCCCS(=O)(=O)NC(COC(=O)c1ccc(NC(=O)C(C(=O)C(C)(C)C)N2C(=O)OC(C)(C)C2=O)c(OC(C)C)c1)c1ccccc1. The van der Waals surface area contributed by atoms with Gasteiger partial charge in [-0.1, -0.05) is 90.1 Å². The molecule has 0 bridgehead atoms. The third-order valence-corrected chi connectivity index (χ3v) is 9.75. The Morgan fingerprint density at radius 3 is 2.15 bits per heavy atom. The first kappa shape index (κ1) is 42.1. The zero-order valence-corrected chi connectivity index (χ0v) is 32.3. The lowest BCUT2D eigenvalue weighted by atomic mass is 9.85. The monoisotopic (exact) mass is 743 g/mol. The number of sulfonamides is 1. The van der Waals surface area contributed by atoms with Gasteiger partial charge in [0.2, 0.25) is 10.0 Å². The van der Waals surface area contributed by atoms with E-state index in [0.29, 0.717) is 16.9 Å². The number of benzene rings is 2. The number of amides is 3. The van der Waals surface area contributed by atoms with E-state index >= 15 is 0 Å². The molecule has 1 aliphatic heterocycles. The highest BCUT2D eigenvalue weighted by Crippen LogP contribution is 2.32. The number of anilines is 1. The summed E-state index contributed by atoms with van der Waals surface area (Å²) in [5.74, 6) is -3.30. The number of carbonyl (C=O) groups is 5. The van der Waals surface area contributed by atoms with Gasteiger partial charge >= 0.3 is 12.1 Å². The van der Waals surface area contributed by atoms with Crippen molar-refractivity contribution in [1.29, 1.82) is 0 Å². The topological polar surface area (TPSA) is 174 Å². The molecule has 1 aliphatic rings.